The van der Waals surface area contributed by atoms with Crippen LogP contribution < -0.4 is 14.8 Å². The molecule has 144 valence electrons. The Bertz CT molecular complexity index is 783. The molecule has 2 aromatic rings. The van der Waals surface area contributed by atoms with E-state index in [1.165, 1.54) is 0 Å². The Morgan fingerprint density at radius 1 is 1.07 bits per heavy atom. The third kappa shape index (κ3) is 5.84. The Morgan fingerprint density at radius 2 is 1.78 bits per heavy atom. The number of carbonyl (C=O) groups excluding carboxylic acids is 2. The van der Waals surface area contributed by atoms with Crippen LogP contribution in [0.5, 0.6) is 11.5 Å². The molecule has 0 aliphatic rings. The number of ether oxygens (including phenoxy) is 2. The first kappa shape index (κ1) is 20.5. The van der Waals surface area contributed by atoms with Crippen LogP contribution in [0.2, 0.25) is 0 Å². The molecule has 1 N–H and O–H groups in total. The highest BCUT2D eigenvalue weighted by Crippen LogP contribution is 2.26. The average Bonchev–Trinajstić information content (AvgIpc) is 2.67. The monoisotopic (exact) mass is 369 g/mol. The van der Waals surface area contributed by atoms with Gasteiger partial charge in [-0.3, -0.25) is 9.59 Å². The van der Waals surface area contributed by atoms with Crippen LogP contribution in [0.25, 0.3) is 0 Å². The van der Waals surface area contributed by atoms with E-state index in [4.69, 9.17) is 9.47 Å². The molecule has 1 unspecified atom stereocenters. The summed E-state index contributed by atoms with van der Waals surface area (Å²) < 4.78 is 10.7. The lowest BCUT2D eigenvalue weighted by molar-refractivity contribution is -0.121. The molecule has 1 amide bonds. The molecule has 0 heterocycles. The molecule has 0 aliphatic carbocycles. The summed E-state index contributed by atoms with van der Waals surface area (Å²) in [5.74, 6) is 1.24. The van der Waals surface area contributed by atoms with E-state index in [2.05, 4.69) is 5.32 Å². The van der Waals surface area contributed by atoms with Crippen molar-refractivity contribution in [3.8, 4) is 11.5 Å². The molecule has 1 atom stereocenters. The first-order valence-corrected chi connectivity index (χ1v) is 9.14. The summed E-state index contributed by atoms with van der Waals surface area (Å²) in [4.78, 5) is 24.5. The lowest BCUT2D eigenvalue weighted by Crippen LogP contribution is -2.27. The number of amides is 1. The molecule has 0 aliphatic heterocycles. The quantitative estimate of drug-likeness (QED) is 0.672. The van der Waals surface area contributed by atoms with Gasteiger partial charge in [0.1, 0.15) is 11.5 Å². The van der Waals surface area contributed by atoms with Gasteiger partial charge in [0, 0.05) is 24.0 Å². The predicted octanol–water partition coefficient (Wildman–Crippen LogP) is 4.24. The summed E-state index contributed by atoms with van der Waals surface area (Å²) >= 11 is 0. The Morgan fingerprint density at radius 3 is 2.41 bits per heavy atom. The Labute approximate surface area is 160 Å². The van der Waals surface area contributed by atoms with Crippen molar-refractivity contribution >= 4 is 11.7 Å². The number of aryl methyl sites for hydroxylation is 1. The fourth-order valence-corrected chi connectivity index (χ4v) is 2.86. The maximum Gasteiger partial charge on any atom is 0.220 e. The second-order valence-electron chi connectivity index (χ2n) is 6.42. The van der Waals surface area contributed by atoms with Gasteiger partial charge in [-0.25, -0.2) is 0 Å². The molecule has 0 spiro atoms. The SMILES string of the molecule is CCOc1ccc(C(=O)CCC(=O)NC(C)c2cc(C)ccc2OC)cc1. The maximum atomic E-state index is 12.3. The zero-order chi connectivity index (χ0) is 19.8. The Kier molecular flexibility index (Phi) is 7.41. The van der Waals surface area contributed by atoms with Crippen LogP contribution in [0, 0.1) is 6.92 Å². The lowest BCUT2D eigenvalue weighted by atomic mass is 10.0. The Hall–Kier alpha value is -2.82. The Balaban J connectivity index is 1.90. The summed E-state index contributed by atoms with van der Waals surface area (Å²) in [7, 11) is 1.61. The summed E-state index contributed by atoms with van der Waals surface area (Å²) in [5.41, 5.74) is 2.60. The van der Waals surface area contributed by atoms with Gasteiger partial charge >= 0.3 is 0 Å². The van der Waals surface area contributed by atoms with Gasteiger partial charge in [-0.15, -0.1) is 0 Å². The normalized spacial score (nSPS) is 11.6. The fourth-order valence-electron chi connectivity index (χ4n) is 2.86. The topological polar surface area (TPSA) is 64.6 Å². The third-order valence-electron chi connectivity index (χ3n) is 4.30. The molecule has 5 nitrogen and oxygen atoms in total. The van der Waals surface area contributed by atoms with Gasteiger partial charge in [0.2, 0.25) is 5.91 Å². The first-order valence-electron chi connectivity index (χ1n) is 9.14. The van der Waals surface area contributed by atoms with E-state index in [1.807, 2.05) is 39.0 Å². The molecule has 0 saturated heterocycles. The van der Waals surface area contributed by atoms with E-state index in [0.717, 1.165) is 22.6 Å². The van der Waals surface area contributed by atoms with Crippen LogP contribution in [0.15, 0.2) is 42.5 Å². The molecule has 2 aromatic carbocycles. The van der Waals surface area contributed by atoms with Gasteiger partial charge in [-0.2, -0.15) is 0 Å². The van der Waals surface area contributed by atoms with E-state index in [-0.39, 0.29) is 30.6 Å². The highest BCUT2D eigenvalue weighted by Gasteiger charge is 2.16. The predicted molar refractivity (Wildman–Crippen MR) is 105 cm³/mol. The number of ketones is 1. The van der Waals surface area contributed by atoms with Crippen molar-refractivity contribution in [3.63, 3.8) is 0 Å². The molecular formula is C22H27NO4. The van der Waals surface area contributed by atoms with Gasteiger partial charge in [0.05, 0.1) is 19.8 Å². The molecule has 0 saturated carbocycles. The van der Waals surface area contributed by atoms with E-state index in [9.17, 15) is 9.59 Å². The smallest absolute Gasteiger partial charge is 0.220 e. The molecule has 5 heteroatoms. The van der Waals surface area contributed by atoms with Gasteiger partial charge in [0.25, 0.3) is 0 Å². The molecule has 27 heavy (non-hydrogen) atoms. The average molecular weight is 369 g/mol. The van der Waals surface area contributed by atoms with Gasteiger partial charge in [-0.05, 0) is 51.1 Å². The molecular weight excluding hydrogens is 342 g/mol. The highest BCUT2D eigenvalue weighted by atomic mass is 16.5. The number of carbonyl (C=O) groups is 2. The van der Waals surface area contributed by atoms with Crippen molar-refractivity contribution in [2.75, 3.05) is 13.7 Å². The highest BCUT2D eigenvalue weighted by molar-refractivity contribution is 5.98. The largest absolute Gasteiger partial charge is 0.496 e. The van der Waals surface area contributed by atoms with E-state index >= 15 is 0 Å². The zero-order valence-corrected chi connectivity index (χ0v) is 16.4. The zero-order valence-electron chi connectivity index (χ0n) is 16.4. The van der Waals surface area contributed by atoms with Crippen LogP contribution >= 0.6 is 0 Å². The van der Waals surface area contributed by atoms with Crippen LogP contribution in [-0.4, -0.2) is 25.4 Å². The number of benzene rings is 2. The van der Waals surface area contributed by atoms with Crippen molar-refractivity contribution < 1.29 is 19.1 Å². The fraction of sp³-hybridized carbons (Fsp3) is 0.364. The number of methoxy groups -OCH3 is 1. The first-order chi connectivity index (χ1) is 12.9. The van der Waals surface area contributed by atoms with Crippen molar-refractivity contribution in [1.82, 2.24) is 5.32 Å². The number of hydrogen-bond donors (Lipinski definition) is 1. The number of Topliss-reactive ketones (excluding diaryl/α,β-unsaturated/α-hetero) is 1. The molecule has 0 bridgehead atoms. The van der Waals surface area contributed by atoms with Gasteiger partial charge < -0.3 is 14.8 Å². The maximum absolute atomic E-state index is 12.3. The van der Waals surface area contributed by atoms with Crippen LogP contribution in [0.1, 0.15) is 54.2 Å². The second kappa shape index (κ2) is 9.76. The van der Waals surface area contributed by atoms with Gasteiger partial charge in [0.15, 0.2) is 5.78 Å². The minimum absolute atomic E-state index is 0.0611. The van der Waals surface area contributed by atoms with Crippen molar-refractivity contribution in [2.24, 2.45) is 0 Å². The van der Waals surface area contributed by atoms with Crippen LogP contribution in [0.3, 0.4) is 0 Å². The van der Waals surface area contributed by atoms with Crippen LogP contribution in [-0.2, 0) is 4.79 Å². The van der Waals surface area contributed by atoms with Crippen LogP contribution in [0.4, 0.5) is 0 Å². The summed E-state index contributed by atoms with van der Waals surface area (Å²) in [6, 6.07) is 12.6. The lowest BCUT2D eigenvalue weighted by Gasteiger charge is -2.18. The number of nitrogens with one attached hydrogen (secondary N) is 1. The van der Waals surface area contributed by atoms with Crippen molar-refractivity contribution in [2.45, 2.75) is 39.7 Å². The minimum atomic E-state index is -0.201. The van der Waals surface area contributed by atoms with E-state index < -0.39 is 0 Å². The minimum Gasteiger partial charge on any atom is -0.496 e. The summed E-state index contributed by atoms with van der Waals surface area (Å²) in [6.07, 6.45) is 0.308. The van der Waals surface area contributed by atoms with E-state index in [0.29, 0.717) is 12.2 Å². The number of hydrogen-bond acceptors (Lipinski definition) is 4. The van der Waals surface area contributed by atoms with Gasteiger partial charge in [-0.1, -0.05) is 17.7 Å². The molecule has 0 radical (unpaired) electrons. The van der Waals surface area contributed by atoms with E-state index in [1.54, 1.807) is 31.4 Å². The molecule has 0 aromatic heterocycles. The standard InChI is InChI=1S/C22H27NO4/c1-5-27-18-9-7-17(8-10-18)20(24)11-13-22(25)23-16(3)19-14-15(2)6-12-21(19)26-4/h6-10,12,14,16H,5,11,13H2,1-4H3,(H,23,25). The third-order valence-corrected chi connectivity index (χ3v) is 4.30. The summed E-state index contributed by atoms with van der Waals surface area (Å²) in [5, 5.41) is 2.94. The number of rotatable bonds is 9. The summed E-state index contributed by atoms with van der Waals surface area (Å²) in [6.45, 7) is 6.39. The molecule has 0 fully saturated rings. The molecule has 2 rings (SSSR count). The second-order valence-corrected chi connectivity index (χ2v) is 6.42. The van der Waals surface area contributed by atoms with Crippen molar-refractivity contribution in [1.29, 1.82) is 0 Å². The van der Waals surface area contributed by atoms with Crippen molar-refractivity contribution in [3.05, 3.63) is 59.2 Å².